The van der Waals surface area contributed by atoms with E-state index >= 15 is 0 Å². The van der Waals surface area contributed by atoms with Gasteiger partial charge < -0.3 is 4.90 Å². The molecule has 9 heteroatoms. The highest BCUT2D eigenvalue weighted by Crippen LogP contribution is 2.46. The number of hydrogen-bond donors (Lipinski definition) is 0. The molecule has 0 spiro atoms. The zero-order valence-corrected chi connectivity index (χ0v) is 15.2. The fourth-order valence-electron chi connectivity index (χ4n) is 3.21. The molecule has 3 nitrogen and oxygen atoms in total. The third-order valence-electron chi connectivity index (χ3n) is 4.53. The molecule has 2 saturated heterocycles. The van der Waals surface area contributed by atoms with Crippen molar-refractivity contribution in [1.82, 2.24) is 4.90 Å². The maximum atomic E-state index is 13.2. The number of carbonyl (C=O) groups excluding carboxylic acids is 1. The highest BCUT2D eigenvalue weighted by molar-refractivity contribution is 7.99. The molecule has 2 aliphatic heterocycles. The van der Waals surface area contributed by atoms with Gasteiger partial charge in [0.15, 0.2) is 5.11 Å². The Morgan fingerprint density at radius 1 is 1.04 bits per heavy atom. The Balaban J connectivity index is 1.63. The molecule has 2 aromatic rings. The van der Waals surface area contributed by atoms with Gasteiger partial charge in [0.25, 0.3) is 5.91 Å². The molecule has 0 radical (unpaired) electrons. The van der Waals surface area contributed by atoms with Gasteiger partial charge >= 0.3 is 6.18 Å². The second-order valence-corrected chi connectivity index (χ2v) is 7.64. The number of alkyl halides is 3. The minimum Gasteiger partial charge on any atom is -0.319 e. The third-order valence-corrected chi connectivity index (χ3v) is 6.24. The van der Waals surface area contributed by atoms with Crippen molar-refractivity contribution >= 4 is 40.7 Å². The molecular formula is C18H12F4N2OS2. The SMILES string of the molecule is O=C1[C@@H]2CS[C@H](c3ccc(C(F)(F)F)cc3)N2C(=S)N1c1ccc(F)cc1. The first kappa shape index (κ1) is 18.2. The van der Waals surface area contributed by atoms with Crippen LogP contribution in [0.1, 0.15) is 16.5 Å². The number of hydrogen-bond acceptors (Lipinski definition) is 3. The van der Waals surface area contributed by atoms with Crippen molar-refractivity contribution in [3.05, 3.63) is 65.5 Å². The van der Waals surface area contributed by atoms with E-state index in [1.165, 1.54) is 53.1 Å². The van der Waals surface area contributed by atoms with Crippen molar-refractivity contribution in [2.24, 2.45) is 0 Å². The predicted octanol–water partition coefficient (Wildman–Crippen LogP) is 4.59. The van der Waals surface area contributed by atoms with Crippen LogP contribution in [0.25, 0.3) is 0 Å². The van der Waals surface area contributed by atoms with E-state index in [1.807, 2.05) is 0 Å². The second-order valence-electron chi connectivity index (χ2n) is 6.16. The highest BCUT2D eigenvalue weighted by Gasteiger charge is 2.50. The molecule has 27 heavy (non-hydrogen) atoms. The number of carbonyl (C=O) groups is 1. The number of amides is 1. The van der Waals surface area contributed by atoms with Crippen LogP contribution in [0, 0.1) is 5.82 Å². The minimum absolute atomic E-state index is 0.214. The Labute approximate surface area is 161 Å². The first-order valence-corrected chi connectivity index (χ1v) is 9.43. The van der Waals surface area contributed by atoms with Gasteiger partial charge in [-0.25, -0.2) is 4.39 Å². The van der Waals surface area contributed by atoms with E-state index in [2.05, 4.69) is 0 Å². The number of anilines is 1. The van der Waals surface area contributed by atoms with E-state index < -0.39 is 23.6 Å². The van der Waals surface area contributed by atoms with Crippen LogP contribution in [0.4, 0.5) is 23.2 Å². The van der Waals surface area contributed by atoms with Gasteiger partial charge in [-0.2, -0.15) is 13.2 Å². The summed E-state index contributed by atoms with van der Waals surface area (Å²) in [4.78, 5) is 15.9. The molecule has 2 heterocycles. The lowest BCUT2D eigenvalue weighted by Gasteiger charge is -2.25. The van der Waals surface area contributed by atoms with E-state index in [0.29, 0.717) is 17.0 Å². The first-order chi connectivity index (χ1) is 12.8. The summed E-state index contributed by atoms with van der Waals surface area (Å²) in [6, 6.07) is 9.84. The Morgan fingerprint density at radius 3 is 2.26 bits per heavy atom. The van der Waals surface area contributed by atoms with Crippen molar-refractivity contribution in [1.29, 1.82) is 0 Å². The van der Waals surface area contributed by atoms with Gasteiger partial charge in [0.1, 0.15) is 17.2 Å². The van der Waals surface area contributed by atoms with Crippen LogP contribution in [-0.4, -0.2) is 27.7 Å². The van der Waals surface area contributed by atoms with Gasteiger partial charge in [0.05, 0.1) is 11.3 Å². The topological polar surface area (TPSA) is 23.6 Å². The quantitative estimate of drug-likeness (QED) is 0.532. The largest absolute Gasteiger partial charge is 0.416 e. The van der Waals surface area contributed by atoms with Crippen LogP contribution in [0.15, 0.2) is 48.5 Å². The summed E-state index contributed by atoms with van der Waals surface area (Å²) in [5, 5.41) is -0.0781. The number of rotatable bonds is 2. The van der Waals surface area contributed by atoms with Crippen LogP contribution in [0.3, 0.4) is 0 Å². The molecule has 2 fully saturated rings. The van der Waals surface area contributed by atoms with E-state index in [9.17, 15) is 22.4 Å². The van der Waals surface area contributed by atoms with Crippen molar-refractivity contribution < 1.29 is 22.4 Å². The molecule has 2 atom stereocenters. The lowest BCUT2D eigenvalue weighted by atomic mass is 10.1. The predicted molar refractivity (Wildman–Crippen MR) is 98.8 cm³/mol. The van der Waals surface area contributed by atoms with Crippen molar-refractivity contribution in [3.63, 3.8) is 0 Å². The van der Waals surface area contributed by atoms with Gasteiger partial charge in [-0.1, -0.05) is 12.1 Å². The molecule has 0 unspecified atom stereocenters. The van der Waals surface area contributed by atoms with Gasteiger partial charge in [-0.05, 0) is 54.2 Å². The van der Waals surface area contributed by atoms with Crippen LogP contribution < -0.4 is 4.90 Å². The fraction of sp³-hybridized carbons (Fsp3) is 0.222. The van der Waals surface area contributed by atoms with Crippen LogP contribution in [-0.2, 0) is 11.0 Å². The number of halogens is 4. The zero-order valence-electron chi connectivity index (χ0n) is 13.6. The van der Waals surface area contributed by atoms with Crippen LogP contribution in [0.5, 0.6) is 0 Å². The summed E-state index contributed by atoms with van der Waals surface area (Å²) in [5.41, 5.74) is 0.391. The molecule has 2 aliphatic rings. The van der Waals surface area contributed by atoms with Crippen molar-refractivity contribution in [3.8, 4) is 0 Å². The normalized spacial score (nSPS) is 22.5. The molecular weight excluding hydrogens is 400 g/mol. The summed E-state index contributed by atoms with van der Waals surface area (Å²) in [7, 11) is 0. The van der Waals surface area contributed by atoms with Crippen molar-refractivity contribution in [2.45, 2.75) is 17.6 Å². The Kier molecular flexibility index (Phi) is 4.38. The summed E-state index contributed by atoms with van der Waals surface area (Å²) < 4.78 is 51.5. The lowest BCUT2D eigenvalue weighted by Crippen LogP contribution is -2.33. The lowest BCUT2D eigenvalue weighted by molar-refractivity contribution is -0.137. The van der Waals surface area contributed by atoms with Crippen molar-refractivity contribution in [2.75, 3.05) is 10.7 Å². The number of fused-ring (bicyclic) bond motifs is 1. The van der Waals surface area contributed by atoms with Gasteiger partial charge in [-0.3, -0.25) is 9.69 Å². The van der Waals surface area contributed by atoms with E-state index in [1.54, 1.807) is 4.90 Å². The summed E-state index contributed by atoms with van der Waals surface area (Å²) in [6.45, 7) is 0. The molecule has 0 N–H and O–H groups in total. The number of benzene rings is 2. The monoisotopic (exact) mass is 412 g/mol. The maximum Gasteiger partial charge on any atom is 0.416 e. The molecule has 4 rings (SSSR count). The zero-order chi connectivity index (χ0) is 19.3. The molecule has 0 saturated carbocycles. The number of nitrogens with zero attached hydrogens (tertiary/aromatic N) is 2. The number of thiocarbonyl (C=S) groups is 1. The molecule has 0 bridgehead atoms. The fourth-order valence-corrected chi connectivity index (χ4v) is 5.13. The molecule has 2 aromatic carbocycles. The van der Waals surface area contributed by atoms with E-state index in [0.717, 1.165) is 12.1 Å². The van der Waals surface area contributed by atoms with E-state index in [-0.39, 0.29) is 16.4 Å². The van der Waals surface area contributed by atoms with Crippen LogP contribution in [0.2, 0.25) is 0 Å². The third kappa shape index (κ3) is 3.08. The first-order valence-electron chi connectivity index (χ1n) is 7.98. The summed E-state index contributed by atoms with van der Waals surface area (Å²) in [6.07, 6.45) is -4.40. The molecule has 1 amide bonds. The van der Waals surface area contributed by atoms with E-state index in [4.69, 9.17) is 12.2 Å². The molecule has 140 valence electrons. The van der Waals surface area contributed by atoms with Gasteiger partial charge in [0, 0.05) is 5.75 Å². The molecule has 0 aliphatic carbocycles. The Hall–Kier alpha value is -2.13. The standard InChI is InChI=1S/C18H12F4N2OS2/c19-12-5-7-13(8-6-12)23-15(25)14-9-27-16(24(14)17(23)26)10-1-3-11(4-2-10)18(20,21)22/h1-8,14,16H,9H2/t14-,16+/m0/s1. The van der Waals surface area contributed by atoms with Gasteiger partial charge in [-0.15, -0.1) is 11.8 Å². The maximum absolute atomic E-state index is 13.2. The Bertz CT molecular complexity index is 899. The highest BCUT2D eigenvalue weighted by atomic mass is 32.2. The average molecular weight is 412 g/mol. The minimum atomic E-state index is -4.40. The summed E-state index contributed by atoms with van der Waals surface area (Å²) >= 11 is 6.93. The van der Waals surface area contributed by atoms with Crippen LogP contribution >= 0.6 is 24.0 Å². The second kappa shape index (κ2) is 6.49. The molecule has 0 aromatic heterocycles. The Morgan fingerprint density at radius 2 is 1.67 bits per heavy atom. The van der Waals surface area contributed by atoms with Gasteiger partial charge in [0.2, 0.25) is 0 Å². The number of thioether (sulfide) groups is 1. The summed E-state index contributed by atoms with van der Waals surface area (Å²) in [5.74, 6) is -0.161. The smallest absolute Gasteiger partial charge is 0.319 e. The average Bonchev–Trinajstić information content (AvgIpc) is 3.16.